The SMILES string of the molecule is CC(C)(C)OC(=O)N1CCNc2c(F)cccc2C1. The Morgan fingerprint density at radius 2 is 2.16 bits per heavy atom. The van der Waals surface area contributed by atoms with Gasteiger partial charge in [-0.3, -0.25) is 0 Å². The van der Waals surface area contributed by atoms with E-state index in [0.29, 0.717) is 25.3 Å². The highest BCUT2D eigenvalue weighted by atomic mass is 19.1. The van der Waals surface area contributed by atoms with Crippen LogP contribution in [0, 0.1) is 5.82 Å². The van der Waals surface area contributed by atoms with E-state index in [1.54, 1.807) is 11.0 Å². The van der Waals surface area contributed by atoms with Crippen LogP contribution in [-0.4, -0.2) is 29.7 Å². The molecule has 0 spiro atoms. The number of halogens is 1. The molecule has 0 atom stereocenters. The third-order valence-electron chi connectivity index (χ3n) is 2.80. The zero-order chi connectivity index (χ0) is 14.0. The van der Waals surface area contributed by atoms with Gasteiger partial charge in [0.2, 0.25) is 0 Å². The van der Waals surface area contributed by atoms with Gasteiger partial charge in [-0.25, -0.2) is 9.18 Å². The zero-order valence-electron chi connectivity index (χ0n) is 11.5. The lowest BCUT2D eigenvalue weighted by Gasteiger charge is -2.26. The predicted molar refractivity (Wildman–Crippen MR) is 71.5 cm³/mol. The van der Waals surface area contributed by atoms with Crippen LogP contribution in [0.5, 0.6) is 0 Å². The topological polar surface area (TPSA) is 41.6 Å². The Balaban J connectivity index is 2.16. The Morgan fingerprint density at radius 3 is 2.84 bits per heavy atom. The van der Waals surface area contributed by atoms with Gasteiger partial charge in [0.1, 0.15) is 11.4 Å². The van der Waals surface area contributed by atoms with Crippen LogP contribution in [0.25, 0.3) is 0 Å². The van der Waals surface area contributed by atoms with E-state index in [-0.39, 0.29) is 11.9 Å². The number of ether oxygens (including phenoxy) is 1. The van der Waals surface area contributed by atoms with Crippen LogP contribution in [0.15, 0.2) is 18.2 Å². The van der Waals surface area contributed by atoms with E-state index in [1.165, 1.54) is 6.07 Å². The van der Waals surface area contributed by atoms with Crippen LogP contribution in [0.1, 0.15) is 26.3 Å². The van der Waals surface area contributed by atoms with Crippen LogP contribution in [0.3, 0.4) is 0 Å². The number of nitrogens with zero attached hydrogens (tertiary/aromatic N) is 1. The molecule has 0 unspecified atom stereocenters. The number of carbonyl (C=O) groups is 1. The van der Waals surface area contributed by atoms with Gasteiger partial charge < -0.3 is 15.0 Å². The molecule has 0 fully saturated rings. The first kappa shape index (κ1) is 13.6. The summed E-state index contributed by atoms with van der Waals surface area (Å²) in [4.78, 5) is 13.6. The van der Waals surface area contributed by atoms with E-state index in [1.807, 2.05) is 26.8 Å². The maximum absolute atomic E-state index is 13.7. The van der Waals surface area contributed by atoms with Crippen LogP contribution in [0.2, 0.25) is 0 Å². The van der Waals surface area contributed by atoms with Gasteiger partial charge in [-0.05, 0) is 32.4 Å². The number of anilines is 1. The Labute approximate surface area is 112 Å². The molecule has 1 aliphatic rings. The summed E-state index contributed by atoms with van der Waals surface area (Å²) in [6, 6.07) is 4.87. The van der Waals surface area contributed by atoms with Gasteiger partial charge in [-0.1, -0.05) is 12.1 Å². The monoisotopic (exact) mass is 266 g/mol. The summed E-state index contributed by atoms with van der Waals surface area (Å²) in [5.41, 5.74) is 0.721. The maximum Gasteiger partial charge on any atom is 0.410 e. The van der Waals surface area contributed by atoms with E-state index in [2.05, 4.69) is 5.32 Å². The van der Waals surface area contributed by atoms with Crippen molar-refractivity contribution in [2.45, 2.75) is 32.9 Å². The summed E-state index contributed by atoms with van der Waals surface area (Å²) >= 11 is 0. The molecule has 19 heavy (non-hydrogen) atoms. The van der Waals surface area contributed by atoms with Crippen molar-refractivity contribution in [1.82, 2.24) is 4.90 Å². The van der Waals surface area contributed by atoms with Crippen molar-refractivity contribution in [3.63, 3.8) is 0 Å². The second kappa shape index (κ2) is 5.07. The first-order valence-electron chi connectivity index (χ1n) is 6.36. The normalized spacial score (nSPS) is 15.3. The minimum Gasteiger partial charge on any atom is -0.444 e. The van der Waals surface area contributed by atoms with Gasteiger partial charge in [-0.2, -0.15) is 0 Å². The van der Waals surface area contributed by atoms with Crippen LogP contribution in [0.4, 0.5) is 14.9 Å². The maximum atomic E-state index is 13.7. The van der Waals surface area contributed by atoms with Gasteiger partial charge in [0.05, 0.1) is 12.2 Å². The smallest absolute Gasteiger partial charge is 0.410 e. The van der Waals surface area contributed by atoms with Gasteiger partial charge in [0, 0.05) is 13.1 Å². The molecule has 0 bridgehead atoms. The summed E-state index contributed by atoms with van der Waals surface area (Å²) in [6.45, 7) is 6.84. The number of hydrogen-bond acceptors (Lipinski definition) is 3. The lowest BCUT2D eigenvalue weighted by Crippen LogP contribution is -2.37. The van der Waals surface area contributed by atoms with Gasteiger partial charge in [0.15, 0.2) is 0 Å². The van der Waals surface area contributed by atoms with E-state index in [0.717, 1.165) is 5.56 Å². The number of carbonyl (C=O) groups excluding carboxylic acids is 1. The summed E-state index contributed by atoms with van der Waals surface area (Å²) in [7, 11) is 0. The summed E-state index contributed by atoms with van der Waals surface area (Å²) in [5, 5.41) is 3.02. The van der Waals surface area contributed by atoms with Crippen molar-refractivity contribution in [2.24, 2.45) is 0 Å². The Morgan fingerprint density at radius 1 is 1.42 bits per heavy atom. The molecule has 1 amide bonds. The first-order valence-corrected chi connectivity index (χ1v) is 6.36. The number of rotatable bonds is 0. The standard InChI is InChI=1S/C14H19FN2O2/c1-14(2,3)19-13(18)17-8-7-16-12-10(9-17)5-4-6-11(12)15/h4-6,16H,7-9H2,1-3H3. The molecule has 1 aromatic rings. The zero-order valence-corrected chi connectivity index (χ0v) is 11.5. The van der Waals surface area contributed by atoms with Crippen molar-refractivity contribution in [2.75, 3.05) is 18.4 Å². The Kier molecular flexibility index (Phi) is 3.64. The highest BCUT2D eigenvalue weighted by Crippen LogP contribution is 2.24. The molecule has 104 valence electrons. The molecule has 1 aromatic carbocycles. The van der Waals surface area contributed by atoms with E-state index < -0.39 is 5.60 Å². The van der Waals surface area contributed by atoms with Crippen LogP contribution >= 0.6 is 0 Å². The third kappa shape index (κ3) is 3.36. The fourth-order valence-electron chi connectivity index (χ4n) is 1.98. The molecular formula is C14H19FN2O2. The summed E-state index contributed by atoms with van der Waals surface area (Å²) in [6.07, 6.45) is -0.369. The highest BCUT2D eigenvalue weighted by molar-refractivity contribution is 5.69. The Hall–Kier alpha value is -1.78. The third-order valence-corrected chi connectivity index (χ3v) is 2.80. The predicted octanol–water partition coefficient (Wildman–Crippen LogP) is 2.99. The largest absolute Gasteiger partial charge is 0.444 e. The number of hydrogen-bond donors (Lipinski definition) is 1. The van der Waals surface area contributed by atoms with Crippen molar-refractivity contribution in [3.8, 4) is 0 Å². The minimum atomic E-state index is -0.526. The molecule has 0 saturated carbocycles. The number of nitrogens with one attached hydrogen (secondary N) is 1. The van der Waals surface area contributed by atoms with E-state index in [9.17, 15) is 9.18 Å². The van der Waals surface area contributed by atoms with E-state index in [4.69, 9.17) is 4.74 Å². The molecule has 4 nitrogen and oxygen atoms in total. The van der Waals surface area contributed by atoms with E-state index >= 15 is 0 Å². The van der Waals surface area contributed by atoms with Gasteiger partial charge in [0.25, 0.3) is 0 Å². The number of para-hydroxylation sites is 1. The van der Waals surface area contributed by atoms with Crippen molar-refractivity contribution in [1.29, 1.82) is 0 Å². The average molecular weight is 266 g/mol. The van der Waals surface area contributed by atoms with Crippen molar-refractivity contribution in [3.05, 3.63) is 29.6 Å². The van der Waals surface area contributed by atoms with Crippen LogP contribution in [-0.2, 0) is 11.3 Å². The first-order chi connectivity index (χ1) is 8.87. The molecule has 0 saturated heterocycles. The second-order valence-corrected chi connectivity index (χ2v) is 5.60. The molecule has 1 aliphatic heterocycles. The number of benzene rings is 1. The fourth-order valence-corrected chi connectivity index (χ4v) is 1.98. The molecular weight excluding hydrogens is 247 g/mol. The molecule has 0 aromatic heterocycles. The lowest BCUT2D eigenvalue weighted by atomic mass is 10.1. The number of amides is 1. The minimum absolute atomic E-state index is 0.288. The lowest BCUT2D eigenvalue weighted by molar-refractivity contribution is 0.0245. The molecule has 5 heteroatoms. The average Bonchev–Trinajstić information content (AvgIpc) is 2.50. The fraction of sp³-hybridized carbons (Fsp3) is 0.500. The number of fused-ring (bicyclic) bond motifs is 1. The quantitative estimate of drug-likeness (QED) is 0.785. The van der Waals surface area contributed by atoms with Crippen molar-refractivity contribution < 1.29 is 13.9 Å². The van der Waals surface area contributed by atoms with Crippen molar-refractivity contribution >= 4 is 11.8 Å². The molecule has 1 N–H and O–H groups in total. The molecule has 0 radical (unpaired) electrons. The van der Waals surface area contributed by atoms with Crippen LogP contribution < -0.4 is 5.32 Å². The highest BCUT2D eigenvalue weighted by Gasteiger charge is 2.25. The molecule has 1 heterocycles. The summed E-state index contributed by atoms with van der Waals surface area (Å²) < 4.78 is 19.0. The summed E-state index contributed by atoms with van der Waals surface area (Å²) in [5.74, 6) is -0.288. The second-order valence-electron chi connectivity index (χ2n) is 5.60. The molecule has 0 aliphatic carbocycles. The molecule has 2 rings (SSSR count). The van der Waals surface area contributed by atoms with Gasteiger partial charge in [-0.15, -0.1) is 0 Å². The Bertz CT molecular complexity index is 483. The van der Waals surface area contributed by atoms with Gasteiger partial charge >= 0.3 is 6.09 Å².